The summed E-state index contributed by atoms with van der Waals surface area (Å²) in [5, 5.41) is 45.5. The number of hydrogen-bond donors (Lipinski definition) is 0. The number of nitro groups is 4. The maximum Gasteiger partial charge on any atom is 0.410 e. The normalized spacial score (nSPS) is 15.7. The van der Waals surface area contributed by atoms with Gasteiger partial charge >= 0.3 is 12.2 Å². The van der Waals surface area contributed by atoms with Crippen LogP contribution in [0.4, 0.5) is 32.3 Å². The van der Waals surface area contributed by atoms with Crippen LogP contribution < -0.4 is 0 Å². The minimum Gasteiger partial charge on any atom is -0.444 e. The number of amides is 2. The molecule has 2 heterocycles. The van der Waals surface area contributed by atoms with E-state index in [0.29, 0.717) is 69.6 Å². The van der Waals surface area contributed by atoms with E-state index in [9.17, 15) is 50.0 Å². The summed E-state index contributed by atoms with van der Waals surface area (Å²) in [7, 11) is 0. The van der Waals surface area contributed by atoms with Crippen LogP contribution in [-0.2, 0) is 22.7 Å². The number of hydrogen-bond acceptors (Lipinski definition) is 12. The molecule has 0 atom stereocenters. The molecule has 2 aromatic rings. The number of carbonyl (C=O) groups excluding carboxylic acids is 2. The van der Waals surface area contributed by atoms with Gasteiger partial charge in [0.2, 0.25) is 0 Å². The van der Waals surface area contributed by atoms with E-state index in [1.165, 1.54) is 21.9 Å². The number of nitrogens with zero attached hydrogens (tertiary/aromatic N) is 6. The molecular formula is C29H34N6O12. The minimum atomic E-state index is -0.757. The molecule has 2 fully saturated rings. The van der Waals surface area contributed by atoms with Crippen molar-refractivity contribution in [3.8, 4) is 0 Å². The molecule has 0 unspecified atom stereocenters. The molecule has 2 amide bonds. The van der Waals surface area contributed by atoms with Gasteiger partial charge < -0.3 is 19.3 Å². The lowest BCUT2D eigenvalue weighted by Gasteiger charge is -2.41. The highest BCUT2D eigenvalue weighted by Gasteiger charge is 2.36. The maximum atomic E-state index is 12.8. The second kappa shape index (κ2) is 15.2. The topological polar surface area (TPSA) is 232 Å². The van der Waals surface area contributed by atoms with Gasteiger partial charge in [0.1, 0.15) is 24.3 Å². The molecule has 0 aromatic heterocycles. The van der Waals surface area contributed by atoms with Crippen LogP contribution in [0.15, 0.2) is 36.4 Å². The molecule has 4 rings (SSSR count). The highest BCUT2D eigenvalue weighted by molar-refractivity contribution is 5.69. The Morgan fingerprint density at radius 2 is 0.957 bits per heavy atom. The van der Waals surface area contributed by atoms with Gasteiger partial charge in [-0.05, 0) is 55.6 Å². The molecule has 0 aliphatic carbocycles. The molecule has 2 aliphatic heterocycles. The summed E-state index contributed by atoms with van der Waals surface area (Å²) in [5.74, 6) is 0.904. The Kier molecular flexibility index (Phi) is 11.2. The number of rotatable bonds is 11. The Bertz CT molecular complexity index is 1360. The predicted molar refractivity (Wildman–Crippen MR) is 162 cm³/mol. The zero-order valence-corrected chi connectivity index (χ0v) is 25.6. The zero-order valence-electron chi connectivity index (χ0n) is 25.6. The van der Waals surface area contributed by atoms with Crippen LogP contribution >= 0.6 is 0 Å². The van der Waals surface area contributed by atoms with Gasteiger partial charge in [-0.2, -0.15) is 0 Å². The maximum absolute atomic E-state index is 12.8. The number of carbonyl (C=O) groups is 2. The molecule has 2 aromatic carbocycles. The Labute approximate surface area is 267 Å². The van der Waals surface area contributed by atoms with Crippen LogP contribution in [0.5, 0.6) is 0 Å². The van der Waals surface area contributed by atoms with E-state index in [1.54, 1.807) is 0 Å². The van der Waals surface area contributed by atoms with Gasteiger partial charge in [-0.1, -0.05) is 13.3 Å². The smallest absolute Gasteiger partial charge is 0.410 e. The van der Waals surface area contributed by atoms with Crippen LogP contribution in [0.1, 0.15) is 50.2 Å². The van der Waals surface area contributed by atoms with Crippen molar-refractivity contribution < 1.29 is 38.8 Å². The third-order valence-electron chi connectivity index (χ3n) is 9.00. The lowest BCUT2D eigenvalue weighted by atomic mass is 9.72. The number of likely N-dealkylation sites (tertiary alicyclic amines) is 2. The molecule has 0 N–H and O–H groups in total. The Morgan fingerprint density at radius 1 is 0.660 bits per heavy atom. The van der Waals surface area contributed by atoms with Gasteiger partial charge in [0, 0.05) is 50.4 Å². The van der Waals surface area contributed by atoms with Gasteiger partial charge in [-0.15, -0.1) is 0 Å². The molecule has 47 heavy (non-hydrogen) atoms. The molecule has 18 nitrogen and oxygen atoms in total. The van der Waals surface area contributed by atoms with E-state index in [0.717, 1.165) is 30.7 Å². The van der Waals surface area contributed by atoms with Crippen molar-refractivity contribution in [2.24, 2.45) is 17.8 Å². The fourth-order valence-corrected chi connectivity index (χ4v) is 6.63. The third kappa shape index (κ3) is 8.06. The van der Waals surface area contributed by atoms with Crippen molar-refractivity contribution in [1.29, 1.82) is 0 Å². The Morgan fingerprint density at radius 3 is 1.21 bits per heavy atom. The number of ether oxygens (including phenoxy) is 2. The first-order valence-electron chi connectivity index (χ1n) is 15.1. The molecule has 2 saturated heterocycles. The van der Waals surface area contributed by atoms with Crippen LogP contribution in [0.3, 0.4) is 0 Å². The first kappa shape index (κ1) is 34.5. The lowest BCUT2D eigenvalue weighted by molar-refractivity contribution is -0.396. The molecule has 18 heteroatoms. The average molecular weight is 659 g/mol. The van der Waals surface area contributed by atoms with Crippen molar-refractivity contribution in [1.82, 2.24) is 9.80 Å². The Hall–Kier alpha value is -5.42. The van der Waals surface area contributed by atoms with E-state index >= 15 is 0 Å². The first-order chi connectivity index (χ1) is 22.4. The Balaban J connectivity index is 1.27. The standard InChI is InChI=1S/C29H34N6O12/c1-2-21(19-9-13-30(14-10-19)28(36)46-17-22-24(32(38)39)5-3-6-25(22)33(40)41)20-11-15-31(16-12-20)29(37)47-18-23-26(34(42)43)7-4-8-27(23)35(44)45/h3-8,19-21H,2,9-18H2,1H3. The molecular weight excluding hydrogens is 624 g/mol. The van der Waals surface area contributed by atoms with Gasteiger partial charge in [0.25, 0.3) is 22.7 Å². The summed E-state index contributed by atoms with van der Waals surface area (Å²) in [6.07, 6.45) is 2.23. The van der Waals surface area contributed by atoms with Crippen LogP contribution in [-0.4, -0.2) is 67.9 Å². The third-order valence-corrected chi connectivity index (χ3v) is 9.00. The first-order valence-corrected chi connectivity index (χ1v) is 15.1. The fraction of sp³-hybridized carbons (Fsp3) is 0.517. The molecule has 2 aliphatic rings. The summed E-state index contributed by atoms with van der Waals surface area (Å²) in [4.78, 5) is 71.0. The molecule has 0 saturated carbocycles. The molecule has 0 spiro atoms. The summed E-state index contributed by atoms with van der Waals surface area (Å²) < 4.78 is 10.5. The summed E-state index contributed by atoms with van der Waals surface area (Å²) in [6.45, 7) is 2.44. The van der Waals surface area contributed by atoms with Crippen LogP contribution in [0.2, 0.25) is 0 Å². The van der Waals surface area contributed by atoms with E-state index in [1.807, 2.05) is 0 Å². The van der Waals surface area contributed by atoms with Crippen LogP contribution in [0, 0.1) is 58.2 Å². The van der Waals surface area contributed by atoms with Crippen molar-refractivity contribution in [2.75, 3.05) is 26.2 Å². The number of nitro benzene ring substituents is 4. The van der Waals surface area contributed by atoms with Gasteiger partial charge in [0.05, 0.1) is 19.7 Å². The quantitative estimate of drug-likeness (QED) is 0.208. The largest absolute Gasteiger partial charge is 0.444 e. The van der Waals surface area contributed by atoms with Crippen LogP contribution in [0.25, 0.3) is 0 Å². The SMILES string of the molecule is CCC(C1CCN(C(=O)OCc2c([N+](=O)[O-])cccc2[N+](=O)[O-])CC1)C1CCN(C(=O)OCc2c([N+](=O)[O-])cccc2[N+](=O)[O-])CC1. The van der Waals surface area contributed by atoms with E-state index in [-0.39, 0.29) is 11.1 Å². The van der Waals surface area contributed by atoms with Crippen molar-refractivity contribution in [3.63, 3.8) is 0 Å². The van der Waals surface area contributed by atoms with E-state index < -0.39 is 67.8 Å². The predicted octanol–water partition coefficient (Wildman–Crippen LogP) is 5.74. The number of piperidine rings is 2. The second-order valence-corrected chi connectivity index (χ2v) is 11.4. The number of benzene rings is 2. The molecule has 0 bridgehead atoms. The van der Waals surface area contributed by atoms with Gasteiger partial charge in [-0.3, -0.25) is 40.5 Å². The van der Waals surface area contributed by atoms with Gasteiger partial charge in [-0.25, -0.2) is 9.59 Å². The summed E-state index contributed by atoms with van der Waals surface area (Å²) in [6, 6.07) is 6.87. The highest BCUT2D eigenvalue weighted by atomic mass is 16.6. The van der Waals surface area contributed by atoms with E-state index in [2.05, 4.69) is 6.92 Å². The molecule has 252 valence electrons. The highest BCUT2D eigenvalue weighted by Crippen LogP contribution is 2.38. The fourth-order valence-electron chi connectivity index (χ4n) is 6.63. The second-order valence-electron chi connectivity index (χ2n) is 11.4. The zero-order chi connectivity index (χ0) is 34.2. The van der Waals surface area contributed by atoms with Crippen molar-refractivity contribution in [2.45, 2.75) is 52.2 Å². The van der Waals surface area contributed by atoms with Crippen molar-refractivity contribution in [3.05, 3.63) is 88.0 Å². The van der Waals surface area contributed by atoms with Crippen molar-refractivity contribution >= 4 is 34.9 Å². The molecule has 0 radical (unpaired) electrons. The lowest BCUT2D eigenvalue weighted by Crippen LogP contribution is -2.44. The minimum absolute atomic E-state index is 0.283. The van der Waals surface area contributed by atoms with E-state index in [4.69, 9.17) is 9.47 Å². The van der Waals surface area contributed by atoms with Gasteiger partial charge in [0.15, 0.2) is 0 Å². The average Bonchev–Trinajstić information content (AvgIpc) is 3.06. The summed E-state index contributed by atoms with van der Waals surface area (Å²) in [5.41, 5.74) is -2.57. The monoisotopic (exact) mass is 658 g/mol. The summed E-state index contributed by atoms with van der Waals surface area (Å²) >= 11 is 0.